The zero-order valence-electron chi connectivity index (χ0n) is 15.3. The van der Waals surface area contributed by atoms with Crippen molar-refractivity contribution < 1.29 is 19.3 Å². The lowest BCUT2D eigenvalue weighted by molar-refractivity contribution is -0.394. The van der Waals surface area contributed by atoms with E-state index in [1.807, 2.05) is 6.92 Å². The monoisotopic (exact) mass is 370 g/mol. The van der Waals surface area contributed by atoms with Crippen molar-refractivity contribution in [1.82, 2.24) is 0 Å². The number of nitro benzene ring substituents is 2. The van der Waals surface area contributed by atoms with E-state index in [1.165, 1.54) is 12.1 Å². The summed E-state index contributed by atoms with van der Waals surface area (Å²) < 4.78 is 11.7. The standard InChI is InChI=1S/C16H26N4O6/c1-4-16(25-5-2,26-6-3)18(11-7-10-17)14-9-8-13(19(21)22)12-15(14)20(23)24/h8-9,12H,4-7,10-11,17H2,1-3H3. The van der Waals surface area contributed by atoms with Crippen LogP contribution >= 0.6 is 0 Å². The van der Waals surface area contributed by atoms with Gasteiger partial charge in [0.15, 0.2) is 0 Å². The molecule has 0 amide bonds. The molecule has 0 unspecified atom stereocenters. The third kappa shape index (κ3) is 4.87. The molecular formula is C16H26N4O6. The third-order valence-electron chi connectivity index (χ3n) is 3.84. The first-order valence-corrected chi connectivity index (χ1v) is 8.55. The number of benzene rings is 1. The van der Waals surface area contributed by atoms with Crippen LogP contribution in [0.2, 0.25) is 0 Å². The lowest BCUT2D eigenvalue weighted by Crippen LogP contribution is -2.54. The summed E-state index contributed by atoms with van der Waals surface area (Å²) >= 11 is 0. The summed E-state index contributed by atoms with van der Waals surface area (Å²) in [5.41, 5.74) is 5.08. The maximum Gasteiger partial charge on any atom is 0.299 e. The minimum Gasteiger partial charge on any atom is -0.333 e. The molecule has 0 fully saturated rings. The van der Waals surface area contributed by atoms with Gasteiger partial charge in [-0.15, -0.1) is 0 Å². The SMILES string of the molecule is CCOC(CC)(OCC)N(CCCN)c1ccc([N+](=O)[O-])cc1[N+](=O)[O-]. The highest BCUT2D eigenvalue weighted by Crippen LogP contribution is 2.38. The van der Waals surface area contributed by atoms with Gasteiger partial charge in [0, 0.05) is 32.2 Å². The highest BCUT2D eigenvalue weighted by atomic mass is 16.7. The minimum atomic E-state index is -1.22. The first-order chi connectivity index (χ1) is 12.4. The molecular weight excluding hydrogens is 344 g/mol. The van der Waals surface area contributed by atoms with Gasteiger partial charge in [-0.25, -0.2) is 0 Å². The van der Waals surface area contributed by atoms with Crippen molar-refractivity contribution in [3.05, 3.63) is 38.4 Å². The molecule has 0 atom stereocenters. The highest BCUT2D eigenvalue weighted by Gasteiger charge is 2.40. The van der Waals surface area contributed by atoms with Gasteiger partial charge in [-0.3, -0.25) is 20.2 Å². The van der Waals surface area contributed by atoms with E-state index in [4.69, 9.17) is 15.2 Å². The summed E-state index contributed by atoms with van der Waals surface area (Å²) in [7, 11) is 0. The molecule has 0 saturated heterocycles. The van der Waals surface area contributed by atoms with E-state index in [0.29, 0.717) is 39.1 Å². The fourth-order valence-corrected chi connectivity index (χ4v) is 2.77. The number of hydrogen-bond acceptors (Lipinski definition) is 8. The van der Waals surface area contributed by atoms with Crippen LogP contribution in [0, 0.1) is 20.2 Å². The maximum absolute atomic E-state index is 11.6. The fourth-order valence-electron chi connectivity index (χ4n) is 2.77. The van der Waals surface area contributed by atoms with Crippen molar-refractivity contribution >= 4 is 17.1 Å². The third-order valence-corrected chi connectivity index (χ3v) is 3.84. The number of nitro groups is 2. The zero-order valence-corrected chi connectivity index (χ0v) is 15.3. The average molecular weight is 370 g/mol. The van der Waals surface area contributed by atoms with Crippen molar-refractivity contribution in [2.45, 2.75) is 39.5 Å². The molecule has 146 valence electrons. The maximum atomic E-state index is 11.6. The van der Waals surface area contributed by atoms with Crippen LogP contribution in [0.5, 0.6) is 0 Å². The number of non-ortho nitro benzene ring substituents is 1. The van der Waals surface area contributed by atoms with Gasteiger partial charge in [-0.05, 0) is 32.9 Å². The van der Waals surface area contributed by atoms with E-state index >= 15 is 0 Å². The Bertz CT molecular complexity index is 619. The van der Waals surface area contributed by atoms with Gasteiger partial charge in [0.2, 0.25) is 0 Å². The van der Waals surface area contributed by atoms with Crippen LogP contribution in [-0.2, 0) is 9.47 Å². The summed E-state index contributed by atoms with van der Waals surface area (Å²) in [5.74, 6) is -1.22. The van der Waals surface area contributed by atoms with Gasteiger partial charge in [0.05, 0.1) is 15.9 Å². The predicted octanol–water partition coefficient (Wildman–Crippen LogP) is 2.79. The normalized spacial score (nSPS) is 11.4. The Balaban J connectivity index is 3.56. The molecule has 1 aromatic carbocycles. The second-order valence-corrected chi connectivity index (χ2v) is 5.41. The van der Waals surface area contributed by atoms with Crippen molar-refractivity contribution in [3.63, 3.8) is 0 Å². The summed E-state index contributed by atoms with van der Waals surface area (Å²) in [6, 6.07) is 3.54. The van der Waals surface area contributed by atoms with Crippen molar-refractivity contribution in [2.75, 3.05) is 31.2 Å². The highest BCUT2D eigenvalue weighted by molar-refractivity contribution is 5.67. The van der Waals surface area contributed by atoms with Gasteiger partial charge >= 0.3 is 0 Å². The van der Waals surface area contributed by atoms with E-state index in [1.54, 1.807) is 18.7 Å². The molecule has 0 bridgehead atoms. The van der Waals surface area contributed by atoms with Crippen LogP contribution in [0.1, 0.15) is 33.6 Å². The Kier molecular flexibility index (Phi) is 8.36. The van der Waals surface area contributed by atoms with E-state index < -0.39 is 15.8 Å². The zero-order chi connectivity index (χ0) is 19.7. The molecule has 0 heterocycles. The first-order valence-electron chi connectivity index (χ1n) is 8.55. The number of hydrogen-bond donors (Lipinski definition) is 1. The van der Waals surface area contributed by atoms with Crippen molar-refractivity contribution in [1.29, 1.82) is 0 Å². The molecule has 0 radical (unpaired) electrons. The lowest BCUT2D eigenvalue weighted by atomic mass is 10.1. The molecule has 0 aromatic heterocycles. The summed E-state index contributed by atoms with van der Waals surface area (Å²) in [4.78, 5) is 22.9. The molecule has 10 nitrogen and oxygen atoms in total. The molecule has 10 heteroatoms. The van der Waals surface area contributed by atoms with E-state index in [0.717, 1.165) is 6.07 Å². The minimum absolute atomic E-state index is 0.192. The smallest absolute Gasteiger partial charge is 0.299 e. The van der Waals surface area contributed by atoms with Gasteiger partial charge < -0.3 is 20.1 Å². The average Bonchev–Trinajstić information content (AvgIpc) is 2.61. The number of nitrogens with zero attached hydrogens (tertiary/aromatic N) is 3. The Morgan fingerprint density at radius 1 is 1.12 bits per heavy atom. The topological polar surface area (TPSA) is 134 Å². The molecule has 0 aliphatic heterocycles. The lowest BCUT2D eigenvalue weighted by Gasteiger charge is -2.43. The Morgan fingerprint density at radius 3 is 2.15 bits per heavy atom. The van der Waals surface area contributed by atoms with Gasteiger partial charge in [-0.1, -0.05) is 6.92 Å². The molecule has 0 saturated carbocycles. The second kappa shape index (κ2) is 10.00. The van der Waals surface area contributed by atoms with E-state index in [9.17, 15) is 20.2 Å². The van der Waals surface area contributed by atoms with Crippen molar-refractivity contribution in [2.24, 2.45) is 5.73 Å². The summed E-state index contributed by atoms with van der Waals surface area (Å²) in [6.07, 6.45) is 0.934. The number of nitrogens with two attached hydrogens (primary N) is 1. The molecule has 1 aromatic rings. The summed E-state index contributed by atoms with van der Waals surface area (Å²) in [6.45, 7) is 6.81. The Hall–Kier alpha value is -2.30. The van der Waals surface area contributed by atoms with Crippen LogP contribution in [0.3, 0.4) is 0 Å². The first kappa shape index (κ1) is 21.7. The molecule has 1 rings (SSSR count). The molecule has 26 heavy (non-hydrogen) atoms. The second-order valence-electron chi connectivity index (χ2n) is 5.41. The van der Waals surface area contributed by atoms with E-state index in [2.05, 4.69) is 0 Å². The van der Waals surface area contributed by atoms with Crippen LogP contribution in [0.4, 0.5) is 17.1 Å². The van der Waals surface area contributed by atoms with Crippen LogP contribution in [-0.4, -0.2) is 42.1 Å². The fraction of sp³-hybridized carbons (Fsp3) is 0.625. The molecule has 2 N–H and O–H groups in total. The van der Waals surface area contributed by atoms with Gasteiger partial charge in [0.25, 0.3) is 17.3 Å². The quantitative estimate of drug-likeness (QED) is 0.337. The number of anilines is 1. The van der Waals surface area contributed by atoms with Gasteiger partial charge in [-0.2, -0.15) is 0 Å². The van der Waals surface area contributed by atoms with Crippen LogP contribution in [0.25, 0.3) is 0 Å². The number of ether oxygens (including phenoxy) is 2. The number of rotatable bonds is 12. The Morgan fingerprint density at radius 2 is 1.73 bits per heavy atom. The van der Waals surface area contributed by atoms with E-state index in [-0.39, 0.29) is 17.1 Å². The largest absolute Gasteiger partial charge is 0.333 e. The van der Waals surface area contributed by atoms with Crippen LogP contribution < -0.4 is 10.6 Å². The molecule has 0 aliphatic rings. The summed E-state index contributed by atoms with van der Waals surface area (Å²) in [5, 5.41) is 22.5. The van der Waals surface area contributed by atoms with Crippen molar-refractivity contribution in [3.8, 4) is 0 Å². The molecule has 0 spiro atoms. The Labute approximate surface area is 152 Å². The molecule has 0 aliphatic carbocycles. The van der Waals surface area contributed by atoms with Gasteiger partial charge in [0.1, 0.15) is 5.69 Å². The van der Waals surface area contributed by atoms with Crippen LogP contribution in [0.15, 0.2) is 18.2 Å². The predicted molar refractivity (Wildman–Crippen MR) is 97.0 cm³/mol.